The van der Waals surface area contributed by atoms with Gasteiger partial charge < -0.3 is 4.98 Å². The van der Waals surface area contributed by atoms with Gasteiger partial charge in [0.05, 0.1) is 11.0 Å². The SMILES string of the molecule is Cc1cccc(-c2nc3c(C)cccc3[nH]2)c1Br. The van der Waals surface area contributed by atoms with Gasteiger partial charge in [0.2, 0.25) is 0 Å². The van der Waals surface area contributed by atoms with Gasteiger partial charge in [0.15, 0.2) is 0 Å². The van der Waals surface area contributed by atoms with E-state index in [0.717, 1.165) is 26.9 Å². The second-order valence-electron chi connectivity index (χ2n) is 4.49. The quantitative estimate of drug-likeness (QED) is 0.698. The fraction of sp³-hybridized carbons (Fsp3) is 0.133. The van der Waals surface area contributed by atoms with Gasteiger partial charge in [-0.25, -0.2) is 4.98 Å². The number of halogens is 1. The summed E-state index contributed by atoms with van der Waals surface area (Å²) in [5.41, 5.74) is 5.63. The molecule has 18 heavy (non-hydrogen) atoms. The van der Waals surface area contributed by atoms with E-state index in [-0.39, 0.29) is 0 Å². The number of hydrogen-bond donors (Lipinski definition) is 1. The van der Waals surface area contributed by atoms with Crippen molar-refractivity contribution in [1.29, 1.82) is 0 Å². The van der Waals surface area contributed by atoms with Crippen molar-refractivity contribution >= 4 is 27.0 Å². The normalized spacial score (nSPS) is 11.1. The number of hydrogen-bond acceptors (Lipinski definition) is 1. The maximum absolute atomic E-state index is 4.70. The van der Waals surface area contributed by atoms with E-state index in [1.807, 2.05) is 6.07 Å². The second-order valence-corrected chi connectivity index (χ2v) is 5.29. The first-order valence-electron chi connectivity index (χ1n) is 5.87. The Labute approximate surface area is 114 Å². The average Bonchev–Trinajstić information content (AvgIpc) is 2.78. The summed E-state index contributed by atoms with van der Waals surface area (Å²) in [7, 11) is 0. The number of aromatic amines is 1. The lowest BCUT2D eigenvalue weighted by Gasteiger charge is -2.03. The van der Waals surface area contributed by atoms with Crippen LogP contribution in [-0.2, 0) is 0 Å². The monoisotopic (exact) mass is 300 g/mol. The molecule has 0 aliphatic carbocycles. The Morgan fingerprint density at radius 3 is 2.50 bits per heavy atom. The highest BCUT2D eigenvalue weighted by Crippen LogP contribution is 2.30. The van der Waals surface area contributed by atoms with Crippen LogP contribution in [-0.4, -0.2) is 9.97 Å². The van der Waals surface area contributed by atoms with Crippen molar-refractivity contribution in [3.05, 3.63) is 52.0 Å². The molecule has 1 aromatic heterocycles. The van der Waals surface area contributed by atoms with Gasteiger partial charge in [0.25, 0.3) is 0 Å². The number of rotatable bonds is 1. The number of nitrogens with one attached hydrogen (secondary N) is 1. The van der Waals surface area contributed by atoms with E-state index in [4.69, 9.17) is 4.98 Å². The summed E-state index contributed by atoms with van der Waals surface area (Å²) in [6.07, 6.45) is 0. The third-order valence-corrected chi connectivity index (χ3v) is 4.21. The number of benzene rings is 2. The molecule has 90 valence electrons. The molecule has 3 aromatic rings. The molecule has 0 saturated heterocycles. The lowest BCUT2D eigenvalue weighted by Crippen LogP contribution is -1.85. The number of nitrogens with zero attached hydrogens (tertiary/aromatic N) is 1. The van der Waals surface area contributed by atoms with Crippen LogP contribution in [0.1, 0.15) is 11.1 Å². The highest BCUT2D eigenvalue weighted by molar-refractivity contribution is 9.10. The molecule has 2 aromatic carbocycles. The maximum atomic E-state index is 4.70. The van der Waals surface area contributed by atoms with Crippen LogP contribution in [0.4, 0.5) is 0 Å². The van der Waals surface area contributed by atoms with E-state index >= 15 is 0 Å². The fourth-order valence-electron chi connectivity index (χ4n) is 2.13. The Morgan fingerprint density at radius 2 is 1.72 bits per heavy atom. The van der Waals surface area contributed by atoms with Crippen LogP contribution in [0.5, 0.6) is 0 Å². The van der Waals surface area contributed by atoms with E-state index in [9.17, 15) is 0 Å². The Hall–Kier alpha value is -1.61. The molecule has 3 rings (SSSR count). The van der Waals surface area contributed by atoms with Crippen molar-refractivity contribution in [1.82, 2.24) is 9.97 Å². The Morgan fingerprint density at radius 1 is 1.00 bits per heavy atom. The summed E-state index contributed by atoms with van der Waals surface area (Å²) in [5, 5.41) is 0. The molecule has 0 bridgehead atoms. The van der Waals surface area contributed by atoms with Gasteiger partial charge in [0.1, 0.15) is 5.82 Å². The number of aromatic nitrogens is 2. The van der Waals surface area contributed by atoms with E-state index in [1.165, 1.54) is 11.1 Å². The molecule has 0 radical (unpaired) electrons. The van der Waals surface area contributed by atoms with Crippen LogP contribution in [0.3, 0.4) is 0 Å². The molecule has 0 saturated carbocycles. The van der Waals surface area contributed by atoms with E-state index in [0.29, 0.717) is 0 Å². The average molecular weight is 301 g/mol. The minimum atomic E-state index is 0.912. The van der Waals surface area contributed by atoms with E-state index in [2.05, 4.69) is 65.1 Å². The zero-order valence-corrected chi connectivity index (χ0v) is 11.9. The van der Waals surface area contributed by atoms with Crippen molar-refractivity contribution < 1.29 is 0 Å². The van der Waals surface area contributed by atoms with Gasteiger partial charge >= 0.3 is 0 Å². The zero-order valence-electron chi connectivity index (χ0n) is 10.3. The van der Waals surface area contributed by atoms with Crippen molar-refractivity contribution in [2.45, 2.75) is 13.8 Å². The number of H-pyrrole nitrogens is 1. The lowest BCUT2D eigenvalue weighted by atomic mass is 10.1. The van der Waals surface area contributed by atoms with Crippen molar-refractivity contribution in [3.8, 4) is 11.4 Å². The Bertz CT molecular complexity index is 728. The van der Waals surface area contributed by atoms with Crippen LogP contribution in [0.2, 0.25) is 0 Å². The minimum Gasteiger partial charge on any atom is -0.338 e. The van der Waals surface area contributed by atoms with Crippen LogP contribution < -0.4 is 0 Å². The third kappa shape index (κ3) is 1.75. The molecule has 0 spiro atoms. The molecule has 1 N–H and O–H groups in total. The Kier molecular flexibility index (Phi) is 2.71. The molecule has 0 amide bonds. The molecule has 0 atom stereocenters. The second kappa shape index (κ2) is 4.25. The molecule has 2 nitrogen and oxygen atoms in total. The molecule has 3 heteroatoms. The first-order chi connectivity index (χ1) is 8.66. The standard InChI is InChI=1S/C15H13BrN2/c1-9-5-3-7-11(13(9)16)15-17-12-8-4-6-10(2)14(12)18-15/h3-8H,1-2H3,(H,17,18). The van der Waals surface area contributed by atoms with Gasteiger partial charge in [-0.3, -0.25) is 0 Å². The largest absolute Gasteiger partial charge is 0.338 e. The number of para-hydroxylation sites is 1. The van der Waals surface area contributed by atoms with Crippen LogP contribution >= 0.6 is 15.9 Å². The fourth-order valence-corrected chi connectivity index (χ4v) is 2.59. The van der Waals surface area contributed by atoms with Crippen LogP contribution in [0.15, 0.2) is 40.9 Å². The van der Waals surface area contributed by atoms with Gasteiger partial charge in [-0.2, -0.15) is 0 Å². The van der Waals surface area contributed by atoms with Gasteiger partial charge in [-0.15, -0.1) is 0 Å². The lowest BCUT2D eigenvalue weighted by molar-refractivity contribution is 1.30. The molecule has 1 heterocycles. The topological polar surface area (TPSA) is 28.7 Å². The number of aryl methyl sites for hydroxylation is 2. The summed E-state index contributed by atoms with van der Waals surface area (Å²) in [5.74, 6) is 0.912. The molecular formula is C15H13BrN2. The summed E-state index contributed by atoms with van der Waals surface area (Å²) >= 11 is 3.63. The van der Waals surface area contributed by atoms with Gasteiger partial charge in [0, 0.05) is 10.0 Å². The van der Waals surface area contributed by atoms with Crippen molar-refractivity contribution in [3.63, 3.8) is 0 Å². The highest BCUT2D eigenvalue weighted by atomic mass is 79.9. The Balaban J connectivity index is 2.26. The van der Waals surface area contributed by atoms with Crippen LogP contribution in [0.25, 0.3) is 22.4 Å². The first kappa shape index (κ1) is 11.5. The maximum Gasteiger partial charge on any atom is 0.139 e. The predicted molar refractivity (Wildman–Crippen MR) is 78.7 cm³/mol. The van der Waals surface area contributed by atoms with Crippen molar-refractivity contribution in [2.75, 3.05) is 0 Å². The van der Waals surface area contributed by atoms with Gasteiger partial charge in [-0.05, 0) is 47.0 Å². The molecule has 0 aliphatic heterocycles. The van der Waals surface area contributed by atoms with E-state index in [1.54, 1.807) is 0 Å². The molecular weight excluding hydrogens is 288 g/mol. The third-order valence-electron chi connectivity index (χ3n) is 3.16. The summed E-state index contributed by atoms with van der Waals surface area (Å²) < 4.78 is 1.10. The summed E-state index contributed by atoms with van der Waals surface area (Å²) in [6, 6.07) is 12.4. The molecule has 0 fully saturated rings. The minimum absolute atomic E-state index is 0.912. The summed E-state index contributed by atoms with van der Waals surface area (Å²) in [6.45, 7) is 4.17. The number of imidazole rings is 1. The van der Waals surface area contributed by atoms with Crippen LogP contribution in [0, 0.1) is 13.8 Å². The zero-order chi connectivity index (χ0) is 12.7. The highest BCUT2D eigenvalue weighted by Gasteiger charge is 2.10. The smallest absolute Gasteiger partial charge is 0.139 e. The van der Waals surface area contributed by atoms with Gasteiger partial charge in [-0.1, -0.05) is 30.3 Å². The number of fused-ring (bicyclic) bond motifs is 1. The summed E-state index contributed by atoms with van der Waals surface area (Å²) in [4.78, 5) is 8.08. The van der Waals surface area contributed by atoms with E-state index < -0.39 is 0 Å². The molecule has 0 aliphatic rings. The first-order valence-corrected chi connectivity index (χ1v) is 6.67. The van der Waals surface area contributed by atoms with Crippen molar-refractivity contribution in [2.24, 2.45) is 0 Å². The molecule has 0 unspecified atom stereocenters. The predicted octanol–water partition coefficient (Wildman–Crippen LogP) is 4.61.